The van der Waals surface area contributed by atoms with Crippen LogP contribution in [-0.2, 0) is 17.9 Å². The van der Waals surface area contributed by atoms with E-state index in [-0.39, 0.29) is 18.2 Å². The highest BCUT2D eigenvalue weighted by atomic mass is 32.2. The van der Waals surface area contributed by atoms with E-state index >= 15 is 0 Å². The second kappa shape index (κ2) is 10.7. The van der Waals surface area contributed by atoms with Crippen molar-refractivity contribution in [1.29, 1.82) is 0 Å². The molecule has 1 saturated heterocycles. The van der Waals surface area contributed by atoms with Gasteiger partial charge in [-0.25, -0.2) is 9.79 Å². The zero-order chi connectivity index (χ0) is 27.6. The maximum absolute atomic E-state index is 13.7. The second-order valence-electron chi connectivity index (χ2n) is 8.97. The lowest BCUT2D eigenvalue weighted by Crippen LogP contribution is -2.28. The van der Waals surface area contributed by atoms with Gasteiger partial charge in [0, 0.05) is 22.7 Å². The molecule has 0 saturated carbocycles. The zero-order valence-corrected chi connectivity index (χ0v) is 22.1. The number of benzene rings is 2. The molecule has 0 spiro atoms. The first-order valence-corrected chi connectivity index (χ1v) is 13.2. The van der Waals surface area contributed by atoms with E-state index in [1.165, 1.54) is 17.8 Å². The number of methoxy groups -OCH3 is 1. The number of thioether (sulfide) groups is 1. The Morgan fingerprint density at radius 1 is 1.02 bits per heavy atom. The van der Waals surface area contributed by atoms with Gasteiger partial charge in [0.2, 0.25) is 5.76 Å². The molecule has 200 valence electrons. The Kier molecular flexibility index (Phi) is 6.75. The summed E-state index contributed by atoms with van der Waals surface area (Å²) in [7, 11) is 1.60. The van der Waals surface area contributed by atoms with Crippen LogP contribution in [0.2, 0.25) is 0 Å². The third kappa shape index (κ3) is 5.04. The maximum Gasteiger partial charge on any atom is 0.371 e. The number of nitrogens with zero attached hydrogens (tertiary/aromatic N) is 3. The SMILES string of the molecule is COc1ccc(N=C2S/C(=C\c3cn(Cc4ccc(C(=O)O)o4)c4ccccc34)C(=O)N2Cc2ccco2)cc1. The van der Waals surface area contributed by atoms with E-state index in [0.29, 0.717) is 33.8 Å². The number of amides is 1. The molecule has 3 aromatic heterocycles. The number of aliphatic imine (C=N–C) groups is 1. The van der Waals surface area contributed by atoms with Crippen LogP contribution in [0, 0.1) is 0 Å². The predicted molar refractivity (Wildman–Crippen MR) is 152 cm³/mol. The van der Waals surface area contributed by atoms with E-state index in [2.05, 4.69) is 0 Å². The number of ether oxygens (including phenoxy) is 1. The number of fused-ring (bicyclic) bond motifs is 1. The molecule has 1 aliphatic rings. The van der Waals surface area contributed by atoms with Crippen molar-refractivity contribution in [1.82, 2.24) is 9.47 Å². The summed E-state index contributed by atoms with van der Waals surface area (Å²) in [5, 5.41) is 10.7. The molecule has 2 aromatic carbocycles. The van der Waals surface area contributed by atoms with Crippen LogP contribution in [0.1, 0.15) is 27.6 Å². The molecule has 1 amide bonds. The minimum absolute atomic E-state index is 0.109. The van der Waals surface area contributed by atoms with Gasteiger partial charge in [0.05, 0.1) is 37.1 Å². The minimum Gasteiger partial charge on any atom is -0.497 e. The summed E-state index contributed by atoms with van der Waals surface area (Å²) in [6.45, 7) is 0.587. The van der Waals surface area contributed by atoms with Crippen LogP contribution < -0.4 is 4.74 Å². The van der Waals surface area contributed by atoms with E-state index in [0.717, 1.165) is 22.2 Å². The smallest absolute Gasteiger partial charge is 0.371 e. The Bertz CT molecular complexity index is 1760. The molecule has 1 aliphatic heterocycles. The van der Waals surface area contributed by atoms with E-state index in [1.807, 2.05) is 71.4 Å². The average Bonchev–Trinajstić information content (AvgIpc) is 3.76. The van der Waals surface area contributed by atoms with E-state index in [1.54, 1.807) is 30.4 Å². The number of carboxylic acid groups (broad SMARTS) is 1. The van der Waals surface area contributed by atoms with Gasteiger partial charge in [-0.15, -0.1) is 0 Å². The van der Waals surface area contributed by atoms with Crippen molar-refractivity contribution in [3.63, 3.8) is 0 Å². The lowest BCUT2D eigenvalue weighted by molar-refractivity contribution is -0.122. The molecule has 10 heteroatoms. The quantitative estimate of drug-likeness (QED) is 0.222. The van der Waals surface area contributed by atoms with Crippen LogP contribution >= 0.6 is 11.8 Å². The molecule has 6 rings (SSSR count). The van der Waals surface area contributed by atoms with Gasteiger partial charge in [0.15, 0.2) is 5.17 Å². The number of furan rings is 2. The molecule has 0 aliphatic carbocycles. The number of rotatable bonds is 8. The summed E-state index contributed by atoms with van der Waals surface area (Å²) in [5.74, 6) is 0.481. The highest BCUT2D eigenvalue weighted by Crippen LogP contribution is 2.37. The summed E-state index contributed by atoms with van der Waals surface area (Å²) in [6, 6.07) is 21.8. The Morgan fingerprint density at radius 3 is 2.58 bits per heavy atom. The van der Waals surface area contributed by atoms with E-state index in [9.17, 15) is 14.7 Å². The monoisotopic (exact) mass is 553 g/mol. The summed E-state index contributed by atoms with van der Waals surface area (Å²) in [6.07, 6.45) is 5.37. The molecule has 1 N–H and O–H groups in total. The summed E-state index contributed by atoms with van der Waals surface area (Å²) < 4.78 is 18.2. The number of hydrogen-bond acceptors (Lipinski definition) is 7. The molecule has 4 heterocycles. The predicted octanol–water partition coefficient (Wildman–Crippen LogP) is 6.39. The topological polar surface area (TPSA) is 110 Å². The summed E-state index contributed by atoms with van der Waals surface area (Å²) in [4.78, 5) is 31.8. The van der Waals surface area contributed by atoms with Gasteiger partial charge in [-0.1, -0.05) is 18.2 Å². The average molecular weight is 554 g/mol. The lowest BCUT2D eigenvalue weighted by Gasteiger charge is -2.13. The number of hydrogen-bond donors (Lipinski definition) is 1. The molecule has 9 nitrogen and oxygen atoms in total. The summed E-state index contributed by atoms with van der Waals surface area (Å²) in [5.41, 5.74) is 2.47. The van der Waals surface area contributed by atoms with Crippen LogP contribution in [0.5, 0.6) is 5.75 Å². The number of carboxylic acids is 1. The first-order chi connectivity index (χ1) is 19.5. The number of amidine groups is 1. The molecular weight excluding hydrogens is 530 g/mol. The molecule has 5 aromatic rings. The molecule has 0 bridgehead atoms. The molecule has 0 atom stereocenters. The summed E-state index contributed by atoms with van der Waals surface area (Å²) >= 11 is 1.30. The Morgan fingerprint density at radius 2 is 1.85 bits per heavy atom. The number of para-hydroxylation sites is 1. The fraction of sp³-hybridized carbons (Fsp3) is 0.100. The third-order valence-electron chi connectivity index (χ3n) is 6.38. The van der Waals surface area contributed by atoms with Crippen molar-refractivity contribution in [2.24, 2.45) is 4.99 Å². The second-order valence-corrected chi connectivity index (χ2v) is 9.98. The van der Waals surface area contributed by atoms with E-state index < -0.39 is 5.97 Å². The first-order valence-electron chi connectivity index (χ1n) is 12.3. The molecule has 1 fully saturated rings. The largest absolute Gasteiger partial charge is 0.497 e. The van der Waals surface area contributed by atoms with Crippen LogP contribution in [0.4, 0.5) is 5.69 Å². The standard InChI is InChI=1S/C30H23N3O6S/c1-37-21-10-8-20(9-11-21)31-30-33(18-22-5-4-14-38-22)28(34)27(40-30)15-19-16-32(25-7-3-2-6-24(19)25)17-23-12-13-26(39-23)29(35)36/h2-16H,17-18H2,1H3,(H,35,36)/b27-15-,31-30?. The number of carbonyl (C=O) groups excluding carboxylic acids is 1. The van der Waals surface area contributed by atoms with Crippen molar-refractivity contribution >= 4 is 51.5 Å². The van der Waals surface area contributed by atoms with Gasteiger partial charge in [0.1, 0.15) is 17.3 Å². The van der Waals surface area contributed by atoms with Crippen molar-refractivity contribution in [3.8, 4) is 5.75 Å². The fourth-order valence-corrected chi connectivity index (χ4v) is 5.45. The number of aromatic carboxylic acids is 1. The highest BCUT2D eigenvalue weighted by molar-refractivity contribution is 8.18. The van der Waals surface area contributed by atoms with Gasteiger partial charge in [-0.3, -0.25) is 9.69 Å². The van der Waals surface area contributed by atoms with Crippen molar-refractivity contribution in [2.75, 3.05) is 7.11 Å². The third-order valence-corrected chi connectivity index (χ3v) is 7.39. The van der Waals surface area contributed by atoms with Gasteiger partial charge in [0.25, 0.3) is 5.91 Å². The highest BCUT2D eigenvalue weighted by Gasteiger charge is 2.34. The first kappa shape index (κ1) is 25.3. The molecular formula is C30H23N3O6S. The molecule has 40 heavy (non-hydrogen) atoms. The Balaban J connectivity index is 1.36. The van der Waals surface area contributed by atoms with Crippen LogP contribution in [0.3, 0.4) is 0 Å². The van der Waals surface area contributed by atoms with Crippen LogP contribution in [0.25, 0.3) is 17.0 Å². The van der Waals surface area contributed by atoms with Crippen LogP contribution in [0.15, 0.2) is 104 Å². The minimum atomic E-state index is -1.11. The van der Waals surface area contributed by atoms with Gasteiger partial charge < -0.3 is 23.2 Å². The van der Waals surface area contributed by atoms with Gasteiger partial charge in [-0.2, -0.15) is 0 Å². The van der Waals surface area contributed by atoms with Gasteiger partial charge in [-0.05, 0) is 72.4 Å². The lowest BCUT2D eigenvalue weighted by atomic mass is 10.1. The normalized spacial score (nSPS) is 15.5. The number of carbonyl (C=O) groups is 2. The Hall–Kier alpha value is -4.96. The Labute approximate surface area is 233 Å². The molecule has 0 unspecified atom stereocenters. The molecule has 0 radical (unpaired) electrons. The van der Waals surface area contributed by atoms with E-state index in [4.69, 9.17) is 18.6 Å². The van der Waals surface area contributed by atoms with Crippen molar-refractivity contribution in [3.05, 3.63) is 113 Å². The van der Waals surface area contributed by atoms with Gasteiger partial charge >= 0.3 is 5.97 Å². The zero-order valence-electron chi connectivity index (χ0n) is 21.3. The fourth-order valence-electron chi connectivity index (χ4n) is 4.46. The van der Waals surface area contributed by atoms with Crippen LogP contribution in [-0.4, -0.2) is 38.7 Å². The maximum atomic E-state index is 13.7. The van der Waals surface area contributed by atoms with Crippen molar-refractivity contribution in [2.45, 2.75) is 13.1 Å². The van der Waals surface area contributed by atoms with Crippen molar-refractivity contribution < 1.29 is 28.3 Å². The number of aromatic nitrogens is 1.